The third kappa shape index (κ3) is 2.44. The molecule has 2 rings (SSSR count). The molecule has 21 heavy (non-hydrogen) atoms. The Morgan fingerprint density at radius 3 is 2.24 bits per heavy atom. The Hall–Kier alpha value is -2.15. The van der Waals surface area contributed by atoms with Gasteiger partial charge in [0.05, 0.1) is 0 Å². The molecule has 0 radical (unpaired) electrons. The standard InChI is InChI=1S/C14H12F3NO3/c1-9(18(20)21)13(19,14(15,16)17)12-7-6-10-4-2-3-5-11(10)8-12/h2-9,19H,1H3/t9-,13-/m0/s1. The first-order valence-electron chi connectivity index (χ1n) is 6.10. The number of alkyl halides is 3. The van der Waals surface area contributed by atoms with E-state index in [0.717, 1.165) is 19.1 Å². The first-order chi connectivity index (χ1) is 9.68. The van der Waals surface area contributed by atoms with Crippen LogP contribution in [0.5, 0.6) is 0 Å². The van der Waals surface area contributed by atoms with Crippen molar-refractivity contribution >= 4 is 10.8 Å². The van der Waals surface area contributed by atoms with E-state index in [1.165, 1.54) is 6.07 Å². The molecule has 7 heteroatoms. The Bertz CT molecular complexity index is 686. The van der Waals surface area contributed by atoms with Crippen molar-refractivity contribution in [3.63, 3.8) is 0 Å². The molecule has 0 bridgehead atoms. The van der Waals surface area contributed by atoms with Gasteiger partial charge < -0.3 is 5.11 Å². The van der Waals surface area contributed by atoms with Crippen molar-refractivity contribution in [3.05, 3.63) is 58.1 Å². The van der Waals surface area contributed by atoms with Crippen molar-refractivity contribution in [3.8, 4) is 0 Å². The van der Waals surface area contributed by atoms with Crippen molar-refractivity contribution in [1.29, 1.82) is 0 Å². The van der Waals surface area contributed by atoms with Crippen molar-refractivity contribution in [2.24, 2.45) is 0 Å². The zero-order valence-corrected chi connectivity index (χ0v) is 11.0. The highest BCUT2D eigenvalue weighted by Crippen LogP contribution is 2.43. The number of halogens is 3. The molecule has 0 amide bonds. The molecule has 2 aromatic rings. The number of benzene rings is 2. The van der Waals surface area contributed by atoms with Gasteiger partial charge in [-0.1, -0.05) is 36.4 Å². The number of rotatable bonds is 3. The molecule has 4 nitrogen and oxygen atoms in total. The first-order valence-corrected chi connectivity index (χ1v) is 6.10. The van der Waals surface area contributed by atoms with Crippen LogP contribution in [0.1, 0.15) is 12.5 Å². The number of hydrogen-bond donors (Lipinski definition) is 1. The van der Waals surface area contributed by atoms with E-state index in [1.54, 1.807) is 24.3 Å². The lowest BCUT2D eigenvalue weighted by molar-refractivity contribution is -0.559. The quantitative estimate of drug-likeness (QED) is 0.699. The smallest absolute Gasteiger partial charge is 0.371 e. The molecule has 0 aliphatic rings. The summed E-state index contributed by atoms with van der Waals surface area (Å²) in [6.07, 6.45) is -5.16. The van der Waals surface area contributed by atoms with E-state index >= 15 is 0 Å². The van der Waals surface area contributed by atoms with E-state index in [9.17, 15) is 28.4 Å². The molecule has 0 saturated heterocycles. The van der Waals surface area contributed by atoms with E-state index in [-0.39, 0.29) is 0 Å². The largest absolute Gasteiger partial charge is 0.428 e. The van der Waals surface area contributed by atoms with Gasteiger partial charge in [0.2, 0.25) is 0 Å². The lowest BCUT2D eigenvalue weighted by Crippen LogP contribution is -2.53. The van der Waals surface area contributed by atoms with E-state index < -0.39 is 28.3 Å². The van der Waals surface area contributed by atoms with Crippen molar-refractivity contribution in [1.82, 2.24) is 0 Å². The highest BCUT2D eigenvalue weighted by molar-refractivity contribution is 5.83. The maximum absolute atomic E-state index is 13.2. The summed E-state index contributed by atoms with van der Waals surface area (Å²) < 4.78 is 39.7. The summed E-state index contributed by atoms with van der Waals surface area (Å²) >= 11 is 0. The van der Waals surface area contributed by atoms with Crippen LogP contribution in [-0.4, -0.2) is 22.2 Å². The third-order valence-corrected chi connectivity index (χ3v) is 3.54. The Morgan fingerprint density at radius 2 is 1.71 bits per heavy atom. The number of hydrogen-bond acceptors (Lipinski definition) is 3. The minimum absolute atomic E-state index is 0.466. The SMILES string of the molecule is C[C@H]([N+](=O)[O-])[C@](O)(c1ccc2ccccc2c1)C(F)(F)F. The van der Waals surface area contributed by atoms with E-state index in [0.29, 0.717) is 10.8 Å². The maximum Gasteiger partial charge on any atom is 0.428 e. The lowest BCUT2D eigenvalue weighted by atomic mass is 9.85. The fourth-order valence-corrected chi connectivity index (χ4v) is 2.22. The molecule has 0 aromatic heterocycles. The number of aliphatic hydroxyl groups is 1. The van der Waals surface area contributed by atoms with Crippen LogP contribution in [0.2, 0.25) is 0 Å². The van der Waals surface area contributed by atoms with Crippen molar-refractivity contribution in [2.45, 2.75) is 24.7 Å². The van der Waals surface area contributed by atoms with Gasteiger partial charge in [0.1, 0.15) is 0 Å². The van der Waals surface area contributed by atoms with Crippen LogP contribution in [0.15, 0.2) is 42.5 Å². The molecule has 0 spiro atoms. The monoisotopic (exact) mass is 299 g/mol. The van der Waals surface area contributed by atoms with Gasteiger partial charge in [0.25, 0.3) is 11.6 Å². The van der Waals surface area contributed by atoms with Gasteiger partial charge in [-0.05, 0) is 16.8 Å². The summed E-state index contributed by atoms with van der Waals surface area (Å²) in [6, 6.07) is 7.99. The summed E-state index contributed by atoms with van der Waals surface area (Å²) in [6.45, 7) is 0.739. The van der Waals surface area contributed by atoms with Crippen LogP contribution in [-0.2, 0) is 5.60 Å². The maximum atomic E-state index is 13.2. The molecule has 112 valence electrons. The van der Waals surface area contributed by atoms with Crippen LogP contribution < -0.4 is 0 Å². The van der Waals surface area contributed by atoms with Crippen LogP contribution in [0.25, 0.3) is 10.8 Å². The zero-order valence-electron chi connectivity index (χ0n) is 11.0. The molecule has 0 saturated carbocycles. The van der Waals surface area contributed by atoms with Crippen molar-refractivity contribution < 1.29 is 23.2 Å². The second-order valence-corrected chi connectivity index (χ2v) is 4.79. The van der Waals surface area contributed by atoms with Gasteiger partial charge in [-0.3, -0.25) is 10.1 Å². The molecule has 2 aromatic carbocycles. The average Bonchev–Trinajstić information content (AvgIpc) is 2.43. The highest BCUT2D eigenvalue weighted by atomic mass is 19.4. The molecule has 0 heterocycles. The number of fused-ring (bicyclic) bond motifs is 1. The van der Waals surface area contributed by atoms with E-state index in [4.69, 9.17) is 0 Å². The van der Waals surface area contributed by atoms with E-state index in [2.05, 4.69) is 0 Å². The van der Waals surface area contributed by atoms with Gasteiger partial charge >= 0.3 is 6.18 Å². The van der Waals surface area contributed by atoms with Crippen molar-refractivity contribution in [2.75, 3.05) is 0 Å². The van der Waals surface area contributed by atoms with Gasteiger partial charge in [-0.2, -0.15) is 13.2 Å². The molecular formula is C14H12F3NO3. The molecule has 0 unspecified atom stereocenters. The van der Waals surface area contributed by atoms with Crippen LogP contribution >= 0.6 is 0 Å². The Kier molecular flexibility index (Phi) is 3.63. The lowest BCUT2D eigenvalue weighted by Gasteiger charge is -2.31. The minimum Gasteiger partial charge on any atom is -0.371 e. The molecule has 0 aliphatic heterocycles. The molecule has 1 N–H and O–H groups in total. The number of nitrogens with zero attached hydrogens (tertiary/aromatic N) is 1. The third-order valence-electron chi connectivity index (χ3n) is 3.54. The molecule has 2 atom stereocenters. The fourth-order valence-electron chi connectivity index (χ4n) is 2.22. The predicted molar refractivity (Wildman–Crippen MR) is 70.4 cm³/mol. The van der Waals surface area contributed by atoms with Gasteiger partial charge in [-0.25, -0.2) is 0 Å². The normalized spacial score (nSPS) is 16.4. The summed E-state index contributed by atoms with van der Waals surface area (Å²) in [5.41, 5.74) is -4.08. The summed E-state index contributed by atoms with van der Waals surface area (Å²) in [4.78, 5) is 9.64. The summed E-state index contributed by atoms with van der Waals surface area (Å²) in [5, 5.41) is 22.0. The van der Waals surface area contributed by atoms with Crippen LogP contribution in [0.3, 0.4) is 0 Å². The van der Waals surface area contributed by atoms with Gasteiger partial charge in [-0.15, -0.1) is 0 Å². The Balaban J connectivity index is 2.67. The molecule has 0 aliphatic carbocycles. The first kappa shape index (κ1) is 15.2. The average molecular weight is 299 g/mol. The Morgan fingerprint density at radius 1 is 1.14 bits per heavy atom. The zero-order chi connectivity index (χ0) is 15.8. The Labute approximate surface area is 118 Å². The highest BCUT2D eigenvalue weighted by Gasteiger charge is 2.63. The molecule has 0 fully saturated rings. The summed E-state index contributed by atoms with van der Waals surface area (Å²) in [5.74, 6) is 0. The molecular weight excluding hydrogens is 287 g/mol. The predicted octanol–water partition coefficient (Wildman–Crippen LogP) is 3.25. The van der Waals surface area contributed by atoms with E-state index in [1.807, 2.05) is 0 Å². The second-order valence-electron chi connectivity index (χ2n) is 4.79. The second kappa shape index (κ2) is 5.00. The number of nitro groups is 1. The van der Waals surface area contributed by atoms with Crippen LogP contribution in [0, 0.1) is 10.1 Å². The topological polar surface area (TPSA) is 63.4 Å². The van der Waals surface area contributed by atoms with Gasteiger partial charge in [0, 0.05) is 17.4 Å². The van der Waals surface area contributed by atoms with Gasteiger partial charge in [0.15, 0.2) is 0 Å². The minimum atomic E-state index is -5.16. The van der Waals surface area contributed by atoms with Crippen LogP contribution in [0.4, 0.5) is 13.2 Å². The summed E-state index contributed by atoms with van der Waals surface area (Å²) in [7, 11) is 0. The fraction of sp³-hybridized carbons (Fsp3) is 0.286.